The third-order valence-electron chi connectivity index (χ3n) is 11.4. The number of esters is 2. The number of hydrogen-bond donors (Lipinski definition) is 0. The lowest BCUT2D eigenvalue weighted by Gasteiger charge is -2.18. The second-order valence-corrected chi connectivity index (χ2v) is 18.0. The fourth-order valence-corrected chi connectivity index (χ4v) is 7.27. The molecule has 0 bridgehead atoms. The molecule has 0 saturated carbocycles. The molecule has 0 fully saturated rings. The van der Waals surface area contributed by atoms with Crippen LogP contribution in [-0.2, 0) is 23.8 Å². The zero-order valence-electron chi connectivity index (χ0n) is 45.2. The van der Waals surface area contributed by atoms with Crippen molar-refractivity contribution in [3.63, 3.8) is 0 Å². The summed E-state index contributed by atoms with van der Waals surface area (Å²) in [7, 11) is 0. The van der Waals surface area contributed by atoms with Crippen molar-refractivity contribution in [2.75, 3.05) is 19.8 Å². The van der Waals surface area contributed by atoms with Crippen molar-refractivity contribution in [1.82, 2.24) is 0 Å². The number of allylic oxidation sites excluding steroid dienone is 24. The Bertz CT molecular complexity index is 1510. The van der Waals surface area contributed by atoms with Crippen LogP contribution in [0, 0.1) is 0 Å². The minimum atomic E-state index is -0.588. The van der Waals surface area contributed by atoms with Gasteiger partial charge in [-0.2, -0.15) is 0 Å². The van der Waals surface area contributed by atoms with Gasteiger partial charge in [0.25, 0.3) is 0 Å². The Hall–Kier alpha value is -4.22. The Morgan fingerprint density at radius 2 is 0.629 bits per heavy atom. The molecule has 0 aliphatic rings. The van der Waals surface area contributed by atoms with E-state index in [0.29, 0.717) is 25.9 Å². The molecule has 0 aromatic carbocycles. The van der Waals surface area contributed by atoms with Crippen molar-refractivity contribution in [2.24, 2.45) is 0 Å². The Labute approximate surface area is 431 Å². The number of unbranched alkanes of at least 4 members (excludes halogenated alkanes) is 15. The van der Waals surface area contributed by atoms with Crippen LogP contribution in [0.3, 0.4) is 0 Å². The molecule has 70 heavy (non-hydrogen) atoms. The molecule has 5 nitrogen and oxygen atoms in total. The van der Waals surface area contributed by atoms with E-state index in [4.69, 9.17) is 14.2 Å². The van der Waals surface area contributed by atoms with E-state index in [2.05, 4.69) is 161 Å². The Morgan fingerprint density at radius 1 is 0.314 bits per heavy atom. The summed E-state index contributed by atoms with van der Waals surface area (Å²) in [6, 6.07) is 0. The number of carbonyl (C=O) groups is 2. The molecule has 0 spiro atoms. The van der Waals surface area contributed by atoms with E-state index in [9.17, 15) is 9.59 Å². The van der Waals surface area contributed by atoms with E-state index in [1.807, 2.05) is 6.08 Å². The van der Waals surface area contributed by atoms with Crippen molar-refractivity contribution >= 4 is 11.9 Å². The standard InChI is InChI=1S/C65H104O5/c1-4-7-10-13-16-19-22-25-28-31-33-35-37-40-43-46-49-52-55-58-64(66)69-62-63(61-68-60-57-54-51-48-45-42-39-36-32-29-26-23-20-17-14-11-8-5-2)70-65(67)59-56-53-50-47-44-41-38-34-30-27-24-21-18-15-12-9-6-3/h7-12,16-21,25-30,33,35,40,43,49,52,63H,4-6,13-15,22-24,31-32,34,36-39,41-42,44-48,50-51,53-62H2,1-3H3/b10-7-,11-8-,12-9-,19-16-,20-17-,21-18-,28-25-,29-26-,30-27-,35-33-,43-40-,52-49-. The molecule has 0 aromatic rings. The van der Waals surface area contributed by atoms with Gasteiger partial charge in [-0.1, -0.05) is 237 Å². The van der Waals surface area contributed by atoms with Crippen molar-refractivity contribution < 1.29 is 23.8 Å². The first-order valence-electron chi connectivity index (χ1n) is 28.4. The lowest BCUT2D eigenvalue weighted by atomic mass is 10.1. The molecule has 0 aliphatic heterocycles. The second kappa shape index (κ2) is 59.1. The minimum Gasteiger partial charge on any atom is -0.462 e. The highest BCUT2D eigenvalue weighted by Gasteiger charge is 2.17. The van der Waals surface area contributed by atoms with Crippen LogP contribution >= 0.6 is 0 Å². The van der Waals surface area contributed by atoms with Gasteiger partial charge in [-0.05, 0) is 122 Å². The summed E-state index contributed by atoms with van der Waals surface area (Å²) < 4.78 is 17.4. The summed E-state index contributed by atoms with van der Waals surface area (Å²) in [5.41, 5.74) is 0. The highest BCUT2D eigenvalue weighted by Crippen LogP contribution is 2.13. The van der Waals surface area contributed by atoms with Crippen molar-refractivity contribution in [3.05, 3.63) is 146 Å². The maximum Gasteiger partial charge on any atom is 0.306 e. The van der Waals surface area contributed by atoms with Crippen LogP contribution in [0.15, 0.2) is 146 Å². The average molecular weight is 966 g/mol. The highest BCUT2D eigenvalue weighted by atomic mass is 16.6. The minimum absolute atomic E-state index is 0.0284. The van der Waals surface area contributed by atoms with E-state index >= 15 is 0 Å². The third-order valence-corrected chi connectivity index (χ3v) is 11.4. The van der Waals surface area contributed by atoms with E-state index in [-0.39, 0.29) is 25.2 Å². The van der Waals surface area contributed by atoms with Crippen LogP contribution < -0.4 is 0 Å². The van der Waals surface area contributed by atoms with Gasteiger partial charge in [-0.15, -0.1) is 0 Å². The first kappa shape index (κ1) is 65.8. The quantitative estimate of drug-likeness (QED) is 0.0345. The number of carbonyl (C=O) groups excluding carboxylic acids is 2. The van der Waals surface area contributed by atoms with Gasteiger partial charge in [0.05, 0.1) is 6.61 Å². The monoisotopic (exact) mass is 965 g/mol. The number of hydrogen-bond acceptors (Lipinski definition) is 5. The molecule has 1 unspecified atom stereocenters. The largest absolute Gasteiger partial charge is 0.462 e. The van der Waals surface area contributed by atoms with Gasteiger partial charge < -0.3 is 14.2 Å². The molecule has 0 heterocycles. The first-order chi connectivity index (χ1) is 34.6. The molecule has 1 atom stereocenters. The summed E-state index contributed by atoms with van der Waals surface area (Å²) in [6.45, 7) is 7.38. The summed E-state index contributed by atoms with van der Waals surface area (Å²) in [5.74, 6) is -0.517. The lowest BCUT2D eigenvalue weighted by Crippen LogP contribution is -2.30. The van der Waals surface area contributed by atoms with Gasteiger partial charge in [0.2, 0.25) is 0 Å². The number of ether oxygens (including phenoxy) is 3. The molecule has 394 valence electrons. The molecular formula is C65H104O5. The van der Waals surface area contributed by atoms with Crippen molar-refractivity contribution in [1.29, 1.82) is 0 Å². The summed E-state index contributed by atoms with van der Waals surface area (Å²) >= 11 is 0. The predicted molar refractivity (Wildman–Crippen MR) is 306 cm³/mol. The molecular weight excluding hydrogens is 861 g/mol. The molecule has 0 saturated heterocycles. The van der Waals surface area contributed by atoms with E-state index in [0.717, 1.165) is 116 Å². The fourth-order valence-electron chi connectivity index (χ4n) is 7.27. The molecule has 0 radical (unpaired) electrons. The SMILES string of the molecule is CC/C=C\C/C=C\C/C=C\C/C=C\C/C=C\C/C=C\CCC(=O)OCC(COCCCCCCCCCC/C=C\C/C=C\C/C=C\CC)OC(=O)CCCCCCCCC/C=C\C/C=C\C/C=C\CC. The van der Waals surface area contributed by atoms with Gasteiger partial charge in [0.1, 0.15) is 6.61 Å². The Kier molecular flexibility index (Phi) is 55.5. The molecule has 0 N–H and O–H groups in total. The van der Waals surface area contributed by atoms with Crippen LogP contribution in [0.5, 0.6) is 0 Å². The van der Waals surface area contributed by atoms with Crippen LogP contribution in [0.25, 0.3) is 0 Å². The van der Waals surface area contributed by atoms with E-state index in [1.54, 1.807) is 0 Å². The van der Waals surface area contributed by atoms with Crippen LogP contribution in [0.2, 0.25) is 0 Å². The lowest BCUT2D eigenvalue weighted by molar-refractivity contribution is -0.162. The molecule has 5 heteroatoms. The summed E-state index contributed by atoms with van der Waals surface area (Å²) in [6.07, 6.45) is 85.9. The van der Waals surface area contributed by atoms with Crippen molar-refractivity contribution in [2.45, 2.75) is 232 Å². The van der Waals surface area contributed by atoms with Gasteiger partial charge >= 0.3 is 11.9 Å². The van der Waals surface area contributed by atoms with Gasteiger partial charge in [-0.25, -0.2) is 0 Å². The van der Waals surface area contributed by atoms with Gasteiger partial charge in [0.15, 0.2) is 6.10 Å². The summed E-state index contributed by atoms with van der Waals surface area (Å²) in [5, 5.41) is 0. The fraction of sp³-hybridized carbons (Fsp3) is 0.600. The van der Waals surface area contributed by atoms with Crippen LogP contribution in [0.1, 0.15) is 226 Å². The van der Waals surface area contributed by atoms with E-state index < -0.39 is 6.10 Å². The maximum atomic E-state index is 12.9. The van der Waals surface area contributed by atoms with Crippen molar-refractivity contribution in [3.8, 4) is 0 Å². The normalized spacial score (nSPS) is 13.4. The molecule has 0 aliphatic carbocycles. The van der Waals surface area contributed by atoms with Gasteiger partial charge in [-0.3, -0.25) is 9.59 Å². The third kappa shape index (κ3) is 56.4. The van der Waals surface area contributed by atoms with Gasteiger partial charge in [0, 0.05) is 19.4 Å². The zero-order chi connectivity index (χ0) is 50.6. The zero-order valence-corrected chi connectivity index (χ0v) is 45.2. The molecule has 0 amide bonds. The van der Waals surface area contributed by atoms with Crippen LogP contribution in [-0.4, -0.2) is 37.9 Å². The smallest absolute Gasteiger partial charge is 0.306 e. The van der Waals surface area contributed by atoms with Crippen LogP contribution in [0.4, 0.5) is 0 Å². The highest BCUT2D eigenvalue weighted by molar-refractivity contribution is 5.70. The number of rotatable bonds is 50. The molecule has 0 aromatic heterocycles. The summed E-state index contributed by atoms with van der Waals surface area (Å²) in [4.78, 5) is 25.5. The average Bonchev–Trinajstić information content (AvgIpc) is 3.36. The topological polar surface area (TPSA) is 61.8 Å². The predicted octanol–water partition coefficient (Wildman–Crippen LogP) is 19.7. The van der Waals surface area contributed by atoms with E-state index in [1.165, 1.54) is 70.6 Å². The Morgan fingerprint density at radius 3 is 1.01 bits per heavy atom. The Balaban J connectivity index is 4.45. The maximum absolute atomic E-state index is 12.9. The molecule has 0 rings (SSSR count). The second-order valence-electron chi connectivity index (χ2n) is 18.0. The first-order valence-corrected chi connectivity index (χ1v) is 28.4.